The molecule has 0 spiro atoms. The molecular weight excluding hydrogens is 210 g/mol. The quantitative estimate of drug-likeness (QED) is 0.665. The number of benzene rings is 2. The van der Waals surface area contributed by atoms with Crippen molar-refractivity contribution in [1.82, 2.24) is 0 Å². The van der Waals surface area contributed by atoms with E-state index >= 15 is 0 Å². The van der Waals surface area contributed by atoms with Crippen LogP contribution in [0.5, 0.6) is 0 Å². The van der Waals surface area contributed by atoms with Crippen LogP contribution >= 0.6 is 0 Å². The van der Waals surface area contributed by atoms with Gasteiger partial charge >= 0.3 is 0 Å². The van der Waals surface area contributed by atoms with Gasteiger partial charge in [-0.25, -0.2) is 4.85 Å². The minimum atomic E-state index is 0.684. The first kappa shape index (κ1) is 10.1. The Hall–Kier alpha value is -2.11. The fraction of sp³-hybridized carbons (Fsp3) is 0.133. The average molecular weight is 221 g/mol. The number of nitrogens with zero attached hydrogens (tertiary/aromatic N) is 1. The predicted octanol–water partition coefficient (Wildman–Crippen LogP) is 3.93. The number of ether oxygens (including phenoxy) is 1. The van der Waals surface area contributed by atoms with Crippen LogP contribution in [0.15, 0.2) is 42.5 Å². The maximum absolute atomic E-state index is 7.19. The minimum Gasteiger partial charge on any atom is -0.372 e. The molecule has 0 aromatic heterocycles. The molecule has 1 aliphatic heterocycles. The Labute approximate surface area is 100 Å². The predicted molar refractivity (Wildman–Crippen MR) is 66.6 cm³/mol. The smallest absolute Gasteiger partial charge is 0.194 e. The largest absolute Gasteiger partial charge is 0.372 e. The first-order valence-corrected chi connectivity index (χ1v) is 5.55. The molecule has 2 heteroatoms. The van der Waals surface area contributed by atoms with Gasteiger partial charge in [0.1, 0.15) is 0 Å². The molecule has 0 radical (unpaired) electrons. The van der Waals surface area contributed by atoms with E-state index in [1.807, 2.05) is 24.3 Å². The van der Waals surface area contributed by atoms with Crippen LogP contribution < -0.4 is 0 Å². The van der Waals surface area contributed by atoms with Gasteiger partial charge in [-0.05, 0) is 28.3 Å². The van der Waals surface area contributed by atoms with E-state index in [1.54, 1.807) is 0 Å². The van der Waals surface area contributed by atoms with Crippen molar-refractivity contribution in [1.29, 1.82) is 0 Å². The summed E-state index contributed by atoms with van der Waals surface area (Å²) in [4.78, 5) is 3.56. The van der Waals surface area contributed by atoms with Crippen LogP contribution in [0.1, 0.15) is 11.1 Å². The fourth-order valence-corrected chi connectivity index (χ4v) is 2.15. The first-order valence-electron chi connectivity index (χ1n) is 5.55. The highest BCUT2D eigenvalue weighted by molar-refractivity contribution is 5.78. The number of hydrogen-bond acceptors (Lipinski definition) is 1. The van der Waals surface area contributed by atoms with Crippen molar-refractivity contribution in [2.45, 2.75) is 13.2 Å². The Morgan fingerprint density at radius 1 is 1.00 bits per heavy atom. The summed E-state index contributed by atoms with van der Waals surface area (Å²) in [5.74, 6) is 0. The van der Waals surface area contributed by atoms with E-state index in [2.05, 4.69) is 23.0 Å². The van der Waals surface area contributed by atoms with Gasteiger partial charge < -0.3 is 4.74 Å². The number of fused-ring (bicyclic) bond motifs is 1. The van der Waals surface area contributed by atoms with Crippen LogP contribution in [0.2, 0.25) is 0 Å². The van der Waals surface area contributed by atoms with Crippen molar-refractivity contribution in [3.8, 4) is 11.1 Å². The summed E-state index contributed by atoms with van der Waals surface area (Å²) in [6.07, 6.45) is 0. The summed E-state index contributed by atoms with van der Waals surface area (Å²) < 4.78 is 5.40. The van der Waals surface area contributed by atoms with Crippen LogP contribution in [-0.4, -0.2) is 0 Å². The van der Waals surface area contributed by atoms with Gasteiger partial charge in [-0.3, -0.25) is 0 Å². The van der Waals surface area contributed by atoms with Gasteiger partial charge in [-0.2, -0.15) is 0 Å². The molecule has 0 N–H and O–H groups in total. The Morgan fingerprint density at radius 3 is 2.71 bits per heavy atom. The van der Waals surface area contributed by atoms with E-state index < -0.39 is 0 Å². The van der Waals surface area contributed by atoms with Gasteiger partial charge in [0.2, 0.25) is 0 Å². The molecule has 0 unspecified atom stereocenters. The molecule has 2 aromatic rings. The molecule has 3 rings (SSSR count). The van der Waals surface area contributed by atoms with E-state index in [9.17, 15) is 0 Å². The van der Waals surface area contributed by atoms with E-state index in [4.69, 9.17) is 11.3 Å². The lowest BCUT2D eigenvalue weighted by atomic mass is 9.99. The lowest BCUT2D eigenvalue weighted by Gasteiger charge is -2.06. The third-order valence-electron chi connectivity index (χ3n) is 3.06. The van der Waals surface area contributed by atoms with Gasteiger partial charge in [0.25, 0.3) is 0 Å². The molecule has 82 valence electrons. The Kier molecular flexibility index (Phi) is 2.40. The van der Waals surface area contributed by atoms with Gasteiger partial charge in [0.15, 0.2) is 5.69 Å². The van der Waals surface area contributed by atoms with E-state index in [0.29, 0.717) is 18.9 Å². The van der Waals surface area contributed by atoms with Gasteiger partial charge in [0, 0.05) is 0 Å². The lowest BCUT2D eigenvalue weighted by molar-refractivity contribution is 0.134. The third kappa shape index (κ3) is 1.71. The highest BCUT2D eigenvalue weighted by Crippen LogP contribution is 2.32. The normalized spacial score (nSPS) is 13.1. The van der Waals surface area contributed by atoms with E-state index in [1.165, 1.54) is 11.1 Å². The molecule has 1 aliphatic rings. The monoisotopic (exact) mass is 221 g/mol. The third-order valence-corrected chi connectivity index (χ3v) is 3.06. The molecule has 0 aliphatic carbocycles. The molecular formula is C15H11NO. The highest BCUT2D eigenvalue weighted by atomic mass is 16.5. The van der Waals surface area contributed by atoms with Crippen molar-refractivity contribution in [2.24, 2.45) is 0 Å². The Balaban J connectivity index is 2.13. The average Bonchev–Trinajstić information content (AvgIpc) is 2.85. The summed E-state index contributed by atoms with van der Waals surface area (Å²) in [6.45, 7) is 8.58. The van der Waals surface area contributed by atoms with Gasteiger partial charge in [-0.1, -0.05) is 36.4 Å². The minimum absolute atomic E-state index is 0.684. The topological polar surface area (TPSA) is 13.6 Å². The summed E-state index contributed by atoms with van der Waals surface area (Å²) in [5, 5.41) is 0. The second-order valence-electron chi connectivity index (χ2n) is 4.11. The van der Waals surface area contributed by atoms with Crippen molar-refractivity contribution in [3.63, 3.8) is 0 Å². The van der Waals surface area contributed by atoms with Crippen molar-refractivity contribution < 1.29 is 4.74 Å². The molecule has 17 heavy (non-hydrogen) atoms. The van der Waals surface area contributed by atoms with Crippen molar-refractivity contribution >= 4 is 5.69 Å². The summed E-state index contributed by atoms with van der Waals surface area (Å²) in [5.41, 5.74) is 5.29. The summed E-state index contributed by atoms with van der Waals surface area (Å²) >= 11 is 0. The van der Waals surface area contributed by atoms with Crippen molar-refractivity contribution in [2.75, 3.05) is 0 Å². The SMILES string of the molecule is [C-]#[N+]c1ccccc1-c1ccc2c(c1)COC2. The van der Waals surface area contributed by atoms with Crippen LogP contribution in [0.25, 0.3) is 16.0 Å². The molecule has 2 nitrogen and oxygen atoms in total. The molecule has 0 atom stereocenters. The molecule has 0 saturated carbocycles. The molecule has 0 saturated heterocycles. The molecule has 1 heterocycles. The molecule has 0 bridgehead atoms. The Bertz CT molecular complexity index is 611. The highest BCUT2D eigenvalue weighted by Gasteiger charge is 2.12. The van der Waals surface area contributed by atoms with Crippen LogP contribution in [0.4, 0.5) is 5.69 Å². The zero-order chi connectivity index (χ0) is 11.7. The number of hydrogen-bond donors (Lipinski definition) is 0. The summed E-state index contributed by atoms with van der Waals surface area (Å²) in [6, 6.07) is 14.0. The number of rotatable bonds is 1. The van der Waals surface area contributed by atoms with E-state index in [0.717, 1.165) is 11.1 Å². The maximum atomic E-state index is 7.19. The number of para-hydroxylation sites is 1. The second kappa shape index (κ2) is 4.04. The lowest BCUT2D eigenvalue weighted by Crippen LogP contribution is -1.84. The van der Waals surface area contributed by atoms with E-state index in [-0.39, 0.29) is 0 Å². The van der Waals surface area contributed by atoms with Gasteiger partial charge in [0.05, 0.1) is 19.8 Å². The maximum Gasteiger partial charge on any atom is 0.194 e. The molecule has 2 aromatic carbocycles. The Morgan fingerprint density at radius 2 is 1.82 bits per heavy atom. The van der Waals surface area contributed by atoms with Gasteiger partial charge in [-0.15, -0.1) is 0 Å². The second-order valence-corrected chi connectivity index (χ2v) is 4.11. The first-order chi connectivity index (χ1) is 8.38. The van der Waals surface area contributed by atoms with Crippen LogP contribution in [0.3, 0.4) is 0 Å². The van der Waals surface area contributed by atoms with Crippen LogP contribution in [0, 0.1) is 6.57 Å². The zero-order valence-corrected chi connectivity index (χ0v) is 9.31. The molecule has 0 fully saturated rings. The fourth-order valence-electron chi connectivity index (χ4n) is 2.15. The molecule has 0 amide bonds. The summed E-state index contributed by atoms with van der Waals surface area (Å²) in [7, 11) is 0. The van der Waals surface area contributed by atoms with Crippen LogP contribution in [-0.2, 0) is 18.0 Å². The zero-order valence-electron chi connectivity index (χ0n) is 9.31. The standard InChI is InChI=1S/C15H11NO/c1-16-15-5-3-2-4-14(15)11-6-7-12-9-17-10-13(12)8-11/h2-8H,9-10H2. The van der Waals surface area contributed by atoms with Crippen molar-refractivity contribution in [3.05, 3.63) is 65.0 Å².